The van der Waals surface area contributed by atoms with Crippen LogP contribution in [0.25, 0.3) is 0 Å². The normalized spacial score (nSPS) is 14.6. The van der Waals surface area contributed by atoms with Crippen molar-refractivity contribution in [3.8, 4) is 0 Å². The molecule has 0 aromatic heterocycles. The predicted octanol–water partition coefficient (Wildman–Crippen LogP) is 2.66. The molecule has 0 fully saturated rings. The molecule has 21 heavy (non-hydrogen) atoms. The van der Waals surface area contributed by atoms with E-state index in [0.29, 0.717) is 19.4 Å². The average molecular weight is 303 g/mol. The van der Waals surface area contributed by atoms with Crippen LogP contribution in [-0.4, -0.2) is 43.0 Å². The average Bonchev–Trinajstić information content (AvgIpc) is 2.30. The number of carbonyl (C=O) groups excluding carboxylic acids is 1. The molecule has 1 amide bonds. The summed E-state index contributed by atoms with van der Waals surface area (Å²) in [4.78, 5) is 23.5. The standard InChI is InChI=1S/C15H29NO5/c1-11(2)15(12(17)18,8-7-9-20-6)10-16-13(19)21-14(3,4)5/h11H,7-10H2,1-6H3,(H,16,19)(H,17,18). The minimum absolute atomic E-state index is 0.0403. The number of rotatable bonds is 8. The fraction of sp³-hybridized carbons (Fsp3) is 0.867. The molecule has 0 aliphatic heterocycles. The Morgan fingerprint density at radius 1 is 1.24 bits per heavy atom. The molecule has 0 heterocycles. The van der Waals surface area contributed by atoms with Crippen LogP contribution >= 0.6 is 0 Å². The van der Waals surface area contributed by atoms with E-state index in [1.54, 1.807) is 27.9 Å². The molecule has 0 aromatic carbocycles. The number of aliphatic carboxylic acids is 1. The van der Waals surface area contributed by atoms with Gasteiger partial charge in [0.1, 0.15) is 5.60 Å². The van der Waals surface area contributed by atoms with E-state index in [1.165, 1.54) is 0 Å². The molecule has 0 saturated carbocycles. The number of ether oxygens (including phenoxy) is 2. The van der Waals surface area contributed by atoms with Crippen LogP contribution in [0, 0.1) is 11.3 Å². The maximum absolute atomic E-state index is 11.7. The van der Waals surface area contributed by atoms with Crippen LogP contribution in [0.15, 0.2) is 0 Å². The van der Waals surface area contributed by atoms with Gasteiger partial charge in [-0.2, -0.15) is 0 Å². The molecule has 6 heteroatoms. The zero-order valence-corrected chi connectivity index (χ0v) is 14.0. The second-order valence-electron chi connectivity index (χ2n) is 6.57. The number of methoxy groups -OCH3 is 1. The molecule has 0 radical (unpaired) electrons. The summed E-state index contributed by atoms with van der Waals surface area (Å²) >= 11 is 0. The zero-order valence-electron chi connectivity index (χ0n) is 14.0. The second kappa shape index (κ2) is 8.22. The number of carboxylic acid groups (broad SMARTS) is 1. The number of alkyl carbamates (subject to hydrolysis) is 1. The van der Waals surface area contributed by atoms with Crippen molar-refractivity contribution in [3.63, 3.8) is 0 Å². The molecular weight excluding hydrogens is 274 g/mol. The largest absolute Gasteiger partial charge is 0.481 e. The molecule has 0 aliphatic rings. The number of carbonyl (C=O) groups is 2. The SMILES string of the molecule is COCCCC(CNC(=O)OC(C)(C)C)(C(=O)O)C(C)C. The van der Waals surface area contributed by atoms with Crippen LogP contribution in [-0.2, 0) is 14.3 Å². The second-order valence-corrected chi connectivity index (χ2v) is 6.57. The first-order valence-corrected chi connectivity index (χ1v) is 7.24. The number of nitrogens with one attached hydrogen (secondary N) is 1. The summed E-state index contributed by atoms with van der Waals surface area (Å²) in [7, 11) is 1.58. The molecule has 0 spiro atoms. The molecule has 1 atom stereocenters. The monoisotopic (exact) mass is 303 g/mol. The van der Waals surface area contributed by atoms with Crippen molar-refractivity contribution in [1.29, 1.82) is 0 Å². The third-order valence-electron chi connectivity index (χ3n) is 3.45. The highest BCUT2D eigenvalue weighted by atomic mass is 16.6. The summed E-state index contributed by atoms with van der Waals surface area (Å²) < 4.78 is 10.1. The van der Waals surface area contributed by atoms with E-state index in [2.05, 4.69) is 5.32 Å². The summed E-state index contributed by atoms with van der Waals surface area (Å²) in [5, 5.41) is 12.2. The molecular formula is C15H29NO5. The fourth-order valence-corrected chi connectivity index (χ4v) is 2.09. The van der Waals surface area contributed by atoms with E-state index >= 15 is 0 Å². The van der Waals surface area contributed by atoms with Crippen LogP contribution in [0.2, 0.25) is 0 Å². The van der Waals surface area contributed by atoms with Gasteiger partial charge in [0.2, 0.25) is 0 Å². The predicted molar refractivity (Wildman–Crippen MR) is 80.3 cm³/mol. The van der Waals surface area contributed by atoms with E-state index in [1.807, 2.05) is 13.8 Å². The summed E-state index contributed by atoms with van der Waals surface area (Å²) in [6.45, 7) is 9.51. The van der Waals surface area contributed by atoms with Crippen molar-refractivity contribution in [3.05, 3.63) is 0 Å². The Morgan fingerprint density at radius 2 is 1.81 bits per heavy atom. The molecule has 2 N–H and O–H groups in total. The molecule has 1 unspecified atom stereocenters. The van der Waals surface area contributed by atoms with Crippen molar-refractivity contribution in [2.45, 2.75) is 53.1 Å². The molecule has 0 aromatic rings. The van der Waals surface area contributed by atoms with Gasteiger partial charge < -0.3 is 19.9 Å². The van der Waals surface area contributed by atoms with Gasteiger partial charge in [0.15, 0.2) is 0 Å². The minimum Gasteiger partial charge on any atom is -0.481 e. The summed E-state index contributed by atoms with van der Waals surface area (Å²) in [6, 6.07) is 0. The first-order valence-electron chi connectivity index (χ1n) is 7.24. The van der Waals surface area contributed by atoms with Crippen LogP contribution in [0.4, 0.5) is 4.79 Å². The smallest absolute Gasteiger partial charge is 0.407 e. The van der Waals surface area contributed by atoms with E-state index in [-0.39, 0.29) is 12.5 Å². The molecule has 6 nitrogen and oxygen atoms in total. The van der Waals surface area contributed by atoms with Gasteiger partial charge >= 0.3 is 12.1 Å². The van der Waals surface area contributed by atoms with Crippen LogP contribution < -0.4 is 5.32 Å². The number of carboxylic acids is 1. The minimum atomic E-state index is -1.02. The molecule has 0 rings (SSSR count). The highest BCUT2D eigenvalue weighted by Crippen LogP contribution is 2.33. The molecule has 0 aliphatic carbocycles. The lowest BCUT2D eigenvalue weighted by Gasteiger charge is -2.34. The van der Waals surface area contributed by atoms with Gasteiger partial charge in [0.25, 0.3) is 0 Å². The van der Waals surface area contributed by atoms with Gasteiger partial charge in [0.05, 0.1) is 5.41 Å². The van der Waals surface area contributed by atoms with Crippen molar-refractivity contribution in [2.24, 2.45) is 11.3 Å². The highest BCUT2D eigenvalue weighted by molar-refractivity contribution is 5.76. The van der Waals surface area contributed by atoms with Gasteiger partial charge in [-0.15, -0.1) is 0 Å². The first kappa shape index (κ1) is 19.7. The van der Waals surface area contributed by atoms with Gasteiger partial charge in [-0.05, 0) is 39.5 Å². The number of amides is 1. The number of hydrogen-bond acceptors (Lipinski definition) is 4. The van der Waals surface area contributed by atoms with Crippen molar-refractivity contribution in [1.82, 2.24) is 5.32 Å². The van der Waals surface area contributed by atoms with E-state index in [4.69, 9.17) is 9.47 Å². The summed E-state index contributed by atoms with van der Waals surface area (Å²) in [5.41, 5.74) is -1.63. The first-order chi connectivity index (χ1) is 9.55. The third-order valence-corrected chi connectivity index (χ3v) is 3.45. The Balaban J connectivity index is 4.82. The van der Waals surface area contributed by atoms with Gasteiger partial charge in [-0.1, -0.05) is 13.8 Å². The van der Waals surface area contributed by atoms with Crippen molar-refractivity contribution < 1.29 is 24.2 Å². The summed E-state index contributed by atoms with van der Waals surface area (Å²) in [5.74, 6) is -1.04. The van der Waals surface area contributed by atoms with Crippen molar-refractivity contribution >= 4 is 12.1 Å². The molecule has 124 valence electrons. The lowest BCUT2D eigenvalue weighted by Crippen LogP contribution is -2.47. The number of hydrogen-bond donors (Lipinski definition) is 2. The zero-order chi connectivity index (χ0) is 16.7. The Bertz CT molecular complexity index is 348. The molecule has 0 bridgehead atoms. The third kappa shape index (κ3) is 6.80. The maximum atomic E-state index is 11.7. The Morgan fingerprint density at radius 3 is 2.19 bits per heavy atom. The highest BCUT2D eigenvalue weighted by Gasteiger charge is 2.41. The Hall–Kier alpha value is -1.30. The van der Waals surface area contributed by atoms with E-state index in [0.717, 1.165) is 0 Å². The maximum Gasteiger partial charge on any atom is 0.407 e. The van der Waals surface area contributed by atoms with Crippen LogP contribution in [0.1, 0.15) is 47.5 Å². The topological polar surface area (TPSA) is 84.9 Å². The lowest BCUT2D eigenvalue weighted by molar-refractivity contribution is -0.152. The van der Waals surface area contributed by atoms with Crippen LogP contribution in [0.3, 0.4) is 0 Å². The Kier molecular flexibility index (Phi) is 7.71. The molecule has 0 saturated heterocycles. The quantitative estimate of drug-likeness (QED) is 0.673. The van der Waals surface area contributed by atoms with Crippen molar-refractivity contribution in [2.75, 3.05) is 20.3 Å². The van der Waals surface area contributed by atoms with E-state index < -0.39 is 23.1 Å². The fourth-order valence-electron chi connectivity index (χ4n) is 2.09. The Labute approximate surface area is 127 Å². The van der Waals surface area contributed by atoms with Crippen LogP contribution in [0.5, 0.6) is 0 Å². The van der Waals surface area contributed by atoms with E-state index in [9.17, 15) is 14.7 Å². The lowest BCUT2D eigenvalue weighted by atomic mass is 9.73. The van der Waals surface area contributed by atoms with Gasteiger partial charge in [-0.25, -0.2) is 4.79 Å². The summed E-state index contributed by atoms with van der Waals surface area (Å²) in [6.07, 6.45) is 0.459. The van der Waals surface area contributed by atoms with Gasteiger partial charge in [-0.3, -0.25) is 4.79 Å². The van der Waals surface area contributed by atoms with Gasteiger partial charge in [0, 0.05) is 20.3 Å².